The van der Waals surface area contributed by atoms with Crippen LogP contribution in [0.1, 0.15) is 19.3 Å². The van der Waals surface area contributed by atoms with Crippen LogP contribution in [0, 0.1) is 5.41 Å². The molecule has 3 rings (SSSR count). The van der Waals surface area contributed by atoms with Crippen molar-refractivity contribution < 1.29 is 14.6 Å². The highest BCUT2D eigenvalue weighted by atomic mass is 16.5. The zero-order valence-electron chi connectivity index (χ0n) is 13.0. The van der Waals surface area contributed by atoms with E-state index in [1.165, 1.54) is 0 Å². The Morgan fingerprint density at radius 1 is 1.36 bits per heavy atom. The van der Waals surface area contributed by atoms with Gasteiger partial charge in [0.15, 0.2) is 5.82 Å². The molecule has 1 atom stereocenters. The van der Waals surface area contributed by atoms with E-state index in [9.17, 15) is 9.90 Å². The minimum atomic E-state index is -0.711. The maximum absolute atomic E-state index is 11.3. The number of likely N-dealkylation sites (N-methyl/N-ethyl adjacent to an activating group) is 1. The van der Waals surface area contributed by atoms with Crippen LogP contribution in [-0.2, 0) is 4.79 Å². The molecule has 7 heteroatoms. The maximum atomic E-state index is 11.3. The van der Waals surface area contributed by atoms with Crippen LogP contribution in [0.25, 0.3) is 0 Å². The molecular weight excluding hydrogens is 284 g/mol. The first-order valence-electron chi connectivity index (χ1n) is 7.58. The SMILES string of the molecule is COc1nccnc1N1CCC2(CC1)CC(C(=O)O)N(C)C2. The zero-order chi connectivity index (χ0) is 15.7. The van der Waals surface area contributed by atoms with E-state index in [-0.39, 0.29) is 11.5 Å². The molecule has 1 spiro atoms. The van der Waals surface area contributed by atoms with Gasteiger partial charge >= 0.3 is 5.97 Å². The molecule has 0 radical (unpaired) electrons. The zero-order valence-corrected chi connectivity index (χ0v) is 13.0. The maximum Gasteiger partial charge on any atom is 0.320 e. The average Bonchev–Trinajstić information content (AvgIpc) is 2.85. The van der Waals surface area contributed by atoms with Crippen LogP contribution in [0.4, 0.5) is 5.82 Å². The molecule has 2 saturated heterocycles. The van der Waals surface area contributed by atoms with E-state index < -0.39 is 5.97 Å². The summed E-state index contributed by atoms with van der Waals surface area (Å²) in [7, 11) is 3.51. The number of hydrogen-bond acceptors (Lipinski definition) is 6. The molecule has 7 nitrogen and oxygen atoms in total. The summed E-state index contributed by atoms with van der Waals surface area (Å²) in [6.07, 6.45) is 5.98. The molecule has 22 heavy (non-hydrogen) atoms. The van der Waals surface area contributed by atoms with Crippen molar-refractivity contribution in [2.24, 2.45) is 5.41 Å². The summed E-state index contributed by atoms with van der Waals surface area (Å²) < 4.78 is 5.28. The summed E-state index contributed by atoms with van der Waals surface area (Å²) in [6.45, 7) is 2.57. The number of carboxylic acid groups (broad SMARTS) is 1. The Morgan fingerprint density at radius 3 is 2.64 bits per heavy atom. The molecule has 0 bridgehead atoms. The summed E-state index contributed by atoms with van der Waals surface area (Å²) in [4.78, 5) is 24.1. The van der Waals surface area contributed by atoms with E-state index in [4.69, 9.17) is 4.74 Å². The minimum absolute atomic E-state index is 0.115. The predicted molar refractivity (Wildman–Crippen MR) is 81.1 cm³/mol. The van der Waals surface area contributed by atoms with Crippen molar-refractivity contribution >= 4 is 11.8 Å². The third kappa shape index (κ3) is 2.61. The van der Waals surface area contributed by atoms with E-state index in [1.54, 1.807) is 19.5 Å². The average molecular weight is 306 g/mol. The van der Waals surface area contributed by atoms with Crippen LogP contribution in [-0.4, -0.2) is 65.8 Å². The second-order valence-electron chi connectivity index (χ2n) is 6.35. The number of hydrogen-bond donors (Lipinski definition) is 1. The van der Waals surface area contributed by atoms with Gasteiger partial charge in [0.2, 0.25) is 0 Å². The molecule has 2 aliphatic heterocycles. The monoisotopic (exact) mass is 306 g/mol. The number of carboxylic acids is 1. The largest absolute Gasteiger partial charge is 0.480 e. The Balaban J connectivity index is 1.69. The lowest BCUT2D eigenvalue weighted by Crippen LogP contribution is -2.41. The fraction of sp³-hybridized carbons (Fsp3) is 0.667. The number of aromatic nitrogens is 2. The van der Waals surface area contributed by atoms with Crippen molar-refractivity contribution in [3.8, 4) is 5.88 Å². The number of nitrogens with zero attached hydrogens (tertiary/aromatic N) is 4. The van der Waals surface area contributed by atoms with Gasteiger partial charge in [0.25, 0.3) is 5.88 Å². The second kappa shape index (κ2) is 5.72. The van der Waals surface area contributed by atoms with Crippen molar-refractivity contribution in [1.29, 1.82) is 0 Å². The smallest absolute Gasteiger partial charge is 0.320 e. The van der Waals surface area contributed by atoms with Gasteiger partial charge < -0.3 is 14.7 Å². The van der Waals surface area contributed by atoms with Gasteiger partial charge in [-0.25, -0.2) is 9.97 Å². The van der Waals surface area contributed by atoms with E-state index >= 15 is 0 Å². The van der Waals surface area contributed by atoms with Gasteiger partial charge in [-0.1, -0.05) is 0 Å². The Kier molecular flexibility index (Phi) is 3.90. The van der Waals surface area contributed by atoms with Crippen LogP contribution in [0.2, 0.25) is 0 Å². The Labute approximate surface area is 129 Å². The molecule has 3 heterocycles. The summed E-state index contributed by atoms with van der Waals surface area (Å²) in [5.74, 6) is 0.615. The lowest BCUT2D eigenvalue weighted by molar-refractivity contribution is -0.141. The van der Waals surface area contributed by atoms with Crippen LogP contribution in [0.3, 0.4) is 0 Å². The van der Waals surface area contributed by atoms with Crippen LogP contribution < -0.4 is 9.64 Å². The molecule has 0 saturated carbocycles. The molecule has 1 unspecified atom stereocenters. The number of methoxy groups -OCH3 is 1. The van der Waals surface area contributed by atoms with Crippen LogP contribution in [0.15, 0.2) is 12.4 Å². The van der Waals surface area contributed by atoms with Crippen molar-refractivity contribution in [2.75, 3.05) is 38.7 Å². The third-order valence-corrected chi connectivity index (χ3v) is 4.99. The first kappa shape index (κ1) is 15.0. The number of ether oxygens (including phenoxy) is 1. The van der Waals surface area contributed by atoms with Gasteiger partial charge in [-0.3, -0.25) is 9.69 Å². The quantitative estimate of drug-likeness (QED) is 0.887. The Bertz CT molecular complexity index is 557. The molecule has 0 amide bonds. The van der Waals surface area contributed by atoms with Gasteiger partial charge in [0, 0.05) is 32.0 Å². The number of likely N-dealkylation sites (tertiary alicyclic amines) is 1. The van der Waals surface area contributed by atoms with Gasteiger partial charge in [-0.05, 0) is 31.7 Å². The predicted octanol–water partition coefficient (Wildman–Crippen LogP) is 0.861. The molecule has 0 aliphatic carbocycles. The number of anilines is 1. The summed E-state index contributed by atoms with van der Waals surface area (Å²) >= 11 is 0. The summed E-state index contributed by atoms with van der Waals surface area (Å²) in [5, 5.41) is 9.31. The normalized spacial score (nSPS) is 24.6. The first-order valence-corrected chi connectivity index (χ1v) is 7.58. The lowest BCUT2D eigenvalue weighted by atomic mass is 9.76. The molecule has 2 fully saturated rings. The first-order chi connectivity index (χ1) is 10.5. The molecule has 120 valence electrons. The standard InChI is InChI=1S/C15H22N4O3/c1-18-10-15(9-11(18)14(20)21)3-7-19(8-4-15)12-13(22-2)17-6-5-16-12/h5-6,11H,3-4,7-10H2,1-2H3,(H,20,21). The number of carbonyl (C=O) groups is 1. The van der Waals surface area contributed by atoms with E-state index in [2.05, 4.69) is 14.9 Å². The van der Waals surface area contributed by atoms with Gasteiger partial charge in [-0.15, -0.1) is 0 Å². The van der Waals surface area contributed by atoms with Gasteiger partial charge in [-0.2, -0.15) is 0 Å². The van der Waals surface area contributed by atoms with Crippen molar-refractivity contribution in [3.05, 3.63) is 12.4 Å². The molecule has 1 aromatic heterocycles. The molecule has 1 aromatic rings. The van der Waals surface area contributed by atoms with Crippen LogP contribution >= 0.6 is 0 Å². The fourth-order valence-electron chi connectivity index (χ4n) is 3.78. The fourth-order valence-corrected chi connectivity index (χ4v) is 3.78. The Hall–Kier alpha value is -1.89. The van der Waals surface area contributed by atoms with E-state index in [0.717, 1.165) is 44.7 Å². The minimum Gasteiger partial charge on any atom is -0.480 e. The lowest BCUT2D eigenvalue weighted by Gasteiger charge is -2.39. The number of rotatable bonds is 3. The number of aliphatic carboxylic acids is 1. The van der Waals surface area contributed by atoms with E-state index in [0.29, 0.717) is 5.88 Å². The van der Waals surface area contributed by atoms with Crippen LogP contribution in [0.5, 0.6) is 5.88 Å². The number of piperidine rings is 1. The van der Waals surface area contributed by atoms with Gasteiger partial charge in [0.05, 0.1) is 7.11 Å². The highest BCUT2D eigenvalue weighted by molar-refractivity contribution is 5.74. The molecule has 1 N–H and O–H groups in total. The summed E-state index contributed by atoms with van der Waals surface area (Å²) in [5.41, 5.74) is 0.115. The third-order valence-electron chi connectivity index (χ3n) is 4.99. The van der Waals surface area contributed by atoms with E-state index in [1.807, 2.05) is 11.9 Å². The van der Waals surface area contributed by atoms with Crippen molar-refractivity contribution in [2.45, 2.75) is 25.3 Å². The van der Waals surface area contributed by atoms with Gasteiger partial charge in [0.1, 0.15) is 6.04 Å². The molecule has 2 aliphatic rings. The molecular formula is C15H22N4O3. The summed E-state index contributed by atoms with van der Waals surface area (Å²) in [6, 6.07) is -0.349. The highest BCUT2D eigenvalue weighted by Crippen LogP contribution is 2.43. The second-order valence-corrected chi connectivity index (χ2v) is 6.35. The topological polar surface area (TPSA) is 78.8 Å². The highest BCUT2D eigenvalue weighted by Gasteiger charge is 2.47. The van der Waals surface area contributed by atoms with Crippen molar-refractivity contribution in [1.82, 2.24) is 14.9 Å². The van der Waals surface area contributed by atoms with Crippen molar-refractivity contribution in [3.63, 3.8) is 0 Å². The molecule has 0 aromatic carbocycles. The Morgan fingerprint density at radius 2 is 2.05 bits per heavy atom.